The Hall–Kier alpha value is -2.75. The Balaban J connectivity index is 2.21. The molecule has 10 heteroatoms. The molecule has 2 aromatic rings. The fourth-order valence-electron chi connectivity index (χ4n) is 2.95. The summed E-state index contributed by atoms with van der Waals surface area (Å²) in [5.74, 6) is -1.76. The van der Waals surface area contributed by atoms with Crippen molar-refractivity contribution in [1.29, 1.82) is 0 Å². The second-order valence-corrected chi connectivity index (χ2v) is 9.19. The number of halogens is 1. The van der Waals surface area contributed by atoms with Crippen LogP contribution in [0.15, 0.2) is 47.4 Å². The standard InChI is InChI=1S/C22H25ClN2O6S/c1-5-25(6-2)32(29,30)20-13-16(11-12-18(20)23)22(28)31-15(4)21(27)24-19-10-8-7-9-17(19)14(3)26/h7-13,15H,5-6H2,1-4H3,(H,24,27). The summed E-state index contributed by atoms with van der Waals surface area (Å²) in [6.07, 6.45) is -1.21. The number of hydrogen-bond acceptors (Lipinski definition) is 6. The van der Waals surface area contributed by atoms with Crippen LogP contribution >= 0.6 is 11.6 Å². The third-order valence-corrected chi connectivity index (χ3v) is 7.24. The van der Waals surface area contributed by atoms with Gasteiger partial charge in [-0.2, -0.15) is 4.31 Å². The Morgan fingerprint density at radius 1 is 1.09 bits per heavy atom. The number of ketones is 1. The summed E-state index contributed by atoms with van der Waals surface area (Å²) < 4.78 is 32.0. The maximum Gasteiger partial charge on any atom is 0.338 e. The predicted octanol–water partition coefficient (Wildman–Crippen LogP) is 3.76. The molecule has 1 unspecified atom stereocenters. The van der Waals surface area contributed by atoms with E-state index in [1.165, 1.54) is 30.3 Å². The Labute approximate surface area is 192 Å². The lowest BCUT2D eigenvalue weighted by Crippen LogP contribution is -2.31. The van der Waals surface area contributed by atoms with E-state index >= 15 is 0 Å². The number of para-hydroxylation sites is 1. The molecule has 1 amide bonds. The van der Waals surface area contributed by atoms with Gasteiger partial charge >= 0.3 is 5.97 Å². The van der Waals surface area contributed by atoms with Crippen LogP contribution in [0.2, 0.25) is 5.02 Å². The summed E-state index contributed by atoms with van der Waals surface area (Å²) in [6.45, 7) is 6.60. The zero-order chi connectivity index (χ0) is 24.1. The van der Waals surface area contributed by atoms with Crippen LogP contribution in [0, 0.1) is 0 Å². The minimum absolute atomic E-state index is 0.0277. The van der Waals surface area contributed by atoms with Gasteiger partial charge in [0.05, 0.1) is 16.3 Å². The average Bonchev–Trinajstić information content (AvgIpc) is 2.74. The molecule has 172 valence electrons. The molecule has 2 rings (SSSR count). The lowest BCUT2D eigenvalue weighted by molar-refractivity contribution is -0.123. The number of carbonyl (C=O) groups is 3. The maximum atomic E-state index is 12.8. The van der Waals surface area contributed by atoms with Crippen LogP contribution in [0.4, 0.5) is 5.69 Å². The van der Waals surface area contributed by atoms with E-state index in [1.54, 1.807) is 38.1 Å². The molecule has 0 saturated heterocycles. The van der Waals surface area contributed by atoms with Gasteiger partial charge in [-0.1, -0.05) is 37.6 Å². The molecule has 0 saturated carbocycles. The van der Waals surface area contributed by atoms with Gasteiger partial charge in [-0.3, -0.25) is 9.59 Å². The van der Waals surface area contributed by atoms with Gasteiger partial charge in [-0.15, -0.1) is 0 Å². The molecule has 0 aromatic heterocycles. The lowest BCUT2D eigenvalue weighted by atomic mass is 10.1. The molecule has 32 heavy (non-hydrogen) atoms. The normalized spacial score (nSPS) is 12.3. The van der Waals surface area contributed by atoms with Crippen molar-refractivity contribution in [2.45, 2.75) is 38.7 Å². The molecule has 0 aliphatic rings. The first-order valence-corrected chi connectivity index (χ1v) is 11.8. The van der Waals surface area contributed by atoms with Crippen LogP contribution in [-0.2, 0) is 19.6 Å². The highest BCUT2D eigenvalue weighted by Crippen LogP contribution is 2.26. The van der Waals surface area contributed by atoms with Crippen molar-refractivity contribution in [3.8, 4) is 0 Å². The second-order valence-electron chi connectivity index (χ2n) is 6.87. The highest BCUT2D eigenvalue weighted by Gasteiger charge is 2.27. The van der Waals surface area contributed by atoms with Crippen molar-refractivity contribution in [1.82, 2.24) is 4.31 Å². The first-order chi connectivity index (χ1) is 15.0. The summed E-state index contributed by atoms with van der Waals surface area (Å²) in [7, 11) is -3.90. The highest BCUT2D eigenvalue weighted by atomic mass is 35.5. The van der Waals surface area contributed by atoms with Crippen molar-refractivity contribution in [3.63, 3.8) is 0 Å². The average molecular weight is 481 g/mol. The minimum Gasteiger partial charge on any atom is -0.449 e. The number of nitrogens with one attached hydrogen (secondary N) is 1. The molecular weight excluding hydrogens is 456 g/mol. The van der Waals surface area contributed by atoms with Crippen LogP contribution in [0.1, 0.15) is 48.4 Å². The van der Waals surface area contributed by atoms with Gasteiger partial charge in [0, 0.05) is 18.7 Å². The zero-order valence-electron chi connectivity index (χ0n) is 18.2. The number of hydrogen-bond donors (Lipinski definition) is 1. The molecule has 0 fully saturated rings. The minimum atomic E-state index is -3.90. The Morgan fingerprint density at radius 3 is 2.31 bits per heavy atom. The molecule has 0 bridgehead atoms. The predicted molar refractivity (Wildman–Crippen MR) is 122 cm³/mol. The van der Waals surface area contributed by atoms with Crippen LogP contribution in [0.25, 0.3) is 0 Å². The lowest BCUT2D eigenvalue weighted by Gasteiger charge is -2.20. The summed E-state index contributed by atoms with van der Waals surface area (Å²) in [5, 5.41) is 2.53. The van der Waals surface area contributed by atoms with E-state index in [4.69, 9.17) is 16.3 Å². The largest absolute Gasteiger partial charge is 0.449 e. The molecule has 0 aliphatic heterocycles. The van der Waals surface area contributed by atoms with Crippen molar-refractivity contribution >= 4 is 45.0 Å². The molecule has 0 heterocycles. The molecule has 8 nitrogen and oxygen atoms in total. The molecule has 2 aromatic carbocycles. The number of ether oxygens (including phenoxy) is 1. The van der Waals surface area contributed by atoms with Crippen molar-refractivity contribution in [3.05, 3.63) is 58.6 Å². The van der Waals surface area contributed by atoms with E-state index in [9.17, 15) is 22.8 Å². The molecule has 0 radical (unpaired) electrons. The Bertz CT molecular complexity index is 1130. The van der Waals surface area contributed by atoms with Gasteiger partial charge in [0.1, 0.15) is 4.90 Å². The van der Waals surface area contributed by atoms with E-state index in [0.717, 1.165) is 6.07 Å². The second kappa shape index (κ2) is 10.7. The van der Waals surface area contributed by atoms with Gasteiger partial charge in [-0.05, 0) is 44.2 Å². The molecule has 1 N–H and O–H groups in total. The number of rotatable bonds is 9. The molecular formula is C22H25ClN2O6S. The van der Waals surface area contributed by atoms with Crippen LogP contribution in [0.3, 0.4) is 0 Å². The van der Waals surface area contributed by atoms with E-state index < -0.39 is 28.0 Å². The van der Waals surface area contributed by atoms with Crippen molar-refractivity contribution in [2.75, 3.05) is 18.4 Å². The number of Topliss-reactive ketones (excluding diaryl/α,β-unsaturated/α-hetero) is 1. The van der Waals surface area contributed by atoms with Gasteiger partial charge in [0.2, 0.25) is 10.0 Å². The molecule has 0 aliphatic carbocycles. The molecule has 0 spiro atoms. The smallest absolute Gasteiger partial charge is 0.338 e. The number of nitrogens with zero attached hydrogens (tertiary/aromatic N) is 1. The molecule has 1 atom stereocenters. The van der Waals surface area contributed by atoms with E-state index in [-0.39, 0.29) is 34.4 Å². The first-order valence-electron chi connectivity index (χ1n) is 9.94. The number of amides is 1. The van der Waals surface area contributed by atoms with Crippen LogP contribution in [0.5, 0.6) is 0 Å². The van der Waals surface area contributed by atoms with Gasteiger partial charge < -0.3 is 10.1 Å². The third kappa shape index (κ3) is 5.73. The SMILES string of the molecule is CCN(CC)S(=O)(=O)c1cc(C(=O)OC(C)C(=O)Nc2ccccc2C(C)=O)ccc1Cl. The van der Waals surface area contributed by atoms with Crippen LogP contribution in [-0.4, -0.2) is 49.6 Å². The van der Waals surface area contributed by atoms with E-state index in [1.807, 2.05) is 0 Å². The summed E-state index contributed by atoms with van der Waals surface area (Å²) in [6, 6.07) is 10.2. The zero-order valence-corrected chi connectivity index (χ0v) is 19.8. The topological polar surface area (TPSA) is 110 Å². The van der Waals surface area contributed by atoms with Crippen molar-refractivity contribution in [2.24, 2.45) is 0 Å². The Morgan fingerprint density at radius 2 is 1.72 bits per heavy atom. The van der Waals surface area contributed by atoms with E-state index in [0.29, 0.717) is 11.3 Å². The first kappa shape index (κ1) is 25.5. The monoisotopic (exact) mass is 480 g/mol. The maximum absolute atomic E-state index is 12.8. The van der Waals surface area contributed by atoms with Crippen molar-refractivity contribution < 1.29 is 27.5 Å². The van der Waals surface area contributed by atoms with Gasteiger partial charge in [0.25, 0.3) is 5.91 Å². The number of anilines is 1. The highest BCUT2D eigenvalue weighted by molar-refractivity contribution is 7.89. The van der Waals surface area contributed by atoms with Gasteiger partial charge in [-0.25, -0.2) is 13.2 Å². The summed E-state index contributed by atoms with van der Waals surface area (Å²) >= 11 is 6.08. The summed E-state index contributed by atoms with van der Waals surface area (Å²) in [4.78, 5) is 36.6. The number of carbonyl (C=O) groups excluding carboxylic acids is 3. The third-order valence-electron chi connectivity index (χ3n) is 4.71. The fraction of sp³-hybridized carbons (Fsp3) is 0.318. The van der Waals surface area contributed by atoms with Gasteiger partial charge in [0.15, 0.2) is 11.9 Å². The summed E-state index contributed by atoms with van der Waals surface area (Å²) in [5.41, 5.74) is 0.555. The number of sulfonamides is 1. The number of benzene rings is 2. The number of esters is 1. The van der Waals surface area contributed by atoms with Crippen LogP contribution < -0.4 is 5.32 Å². The Kier molecular flexibility index (Phi) is 8.54. The van der Waals surface area contributed by atoms with E-state index in [2.05, 4.69) is 5.32 Å². The fourth-order valence-corrected chi connectivity index (χ4v) is 4.90. The quantitative estimate of drug-likeness (QED) is 0.432.